The molecule has 2 N–H and O–H groups in total. The highest BCUT2D eigenvalue weighted by Crippen LogP contribution is 2.33. The van der Waals surface area contributed by atoms with Crippen LogP contribution >= 0.6 is 0 Å². The van der Waals surface area contributed by atoms with Gasteiger partial charge in [-0.25, -0.2) is 4.39 Å². The van der Waals surface area contributed by atoms with Crippen LogP contribution in [0.15, 0.2) is 42.5 Å². The van der Waals surface area contributed by atoms with Gasteiger partial charge in [-0.3, -0.25) is 9.80 Å². The minimum Gasteiger partial charge on any atom is -0.369 e. The van der Waals surface area contributed by atoms with Crippen molar-refractivity contribution in [2.45, 2.75) is 38.3 Å². The Labute approximate surface area is 205 Å². The van der Waals surface area contributed by atoms with Crippen molar-refractivity contribution in [3.63, 3.8) is 0 Å². The van der Waals surface area contributed by atoms with Crippen LogP contribution in [0.1, 0.15) is 35.4 Å². The molecule has 6 heteroatoms. The summed E-state index contributed by atoms with van der Waals surface area (Å²) in [5.74, 6) is 0.337. The van der Waals surface area contributed by atoms with Gasteiger partial charge in [-0.15, -0.1) is 0 Å². The Morgan fingerprint density at radius 3 is 2.32 bits per heavy atom. The van der Waals surface area contributed by atoms with Gasteiger partial charge >= 0.3 is 0 Å². The normalized spacial score (nSPS) is 22.1. The van der Waals surface area contributed by atoms with Crippen molar-refractivity contribution in [2.24, 2.45) is 5.73 Å². The predicted molar refractivity (Wildman–Crippen MR) is 140 cm³/mol. The summed E-state index contributed by atoms with van der Waals surface area (Å²) in [6.07, 6.45) is 2.32. The number of hydrogen-bond donors (Lipinski definition) is 1. The number of rotatable bonds is 9. The zero-order valence-corrected chi connectivity index (χ0v) is 21.2. The number of benzene rings is 2. The summed E-state index contributed by atoms with van der Waals surface area (Å²) in [6.45, 7) is 11.0. The van der Waals surface area contributed by atoms with Crippen LogP contribution in [0, 0.1) is 12.7 Å². The van der Waals surface area contributed by atoms with Gasteiger partial charge in [0.2, 0.25) is 0 Å². The van der Waals surface area contributed by atoms with Gasteiger partial charge in [0.05, 0.1) is 0 Å². The molecule has 34 heavy (non-hydrogen) atoms. The molecule has 0 unspecified atom stereocenters. The van der Waals surface area contributed by atoms with Crippen molar-refractivity contribution in [1.82, 2.24) is 14.7 Å². The molecule has 0 bridgehead atoms. The summed E-state index contributed by atoms with van der Waals surface area (Å²) in [4.78, 5) is 9.82. The minimum atomic E-state index is -0.0892. The molecule has 2 aliphatic heterocycles. The molecule has 2 fully saturated rings. The van der Waals surface area contributed by atoms with Crippen molar-refractivity contribution in [3.8, 4) is 0 Å². The van der Waals surface area contributed by atoms with E-state index in [-0.39, 0.29) is 5.82 Å². The van der Waals surface area contributed by atoms with Crippen LogP contribution < -0.4 is 10.6 Å². The molecule has 0 amide bonds. The Bertz CT molecular complexity index is 887. The maximum absolute atomic E-state index is 14.5. The van der Waals surface area contributed by atoms with E-state index in [1.54, 1.807) is 12.1 Å². The third-order valence-corrected chi connectivity index (χ3v) is 7.75. The smallest absolute Gasteiger partial charge is 0.127 e. The van der Waals surface area contributed by atoms with Gasteiger partial charge in [-0.05, 0) is 76.3 Å². The Hall–Kier alpha value is -1.99. The molecule has 2 aromatic carbocycles. The van der Waals surface area contributed by atoms with Gasteiger partial charge < -0.3 is 15.5 Å². The van der Waals surface area contributed by atoms with Crippen molar-refractivity contribution in [1.29, 1.82) is 0 Å². The van der Waals surface area contributed by atoms with E-state index < -0.39 is 0 Å². The van der Waals surface area contributed by atoms with E-state index in [9.17, 15) is 4.39 Å². The molecule has 2 aliphatic rings. The van der Waals surface area contributed by atoms with Gasteiger partial charge in [-0.2, -0.15) is 0 Å². The van der Waals surface area contributed by atoms with Crippen molar-refractivity contribution in [2.75, 3.05) is 71.4 Å². The van der Waals surface area contributed by atoms with E-state index in [4.69, 9.17) is 5.73 Å². The lowest BCUT2D eigenvalue weighted by Crippen LogP contribution is -2.46. The third-order valence-electron chi connectivity index (χ3n) is 7.75. The number of nitrogens with zero attached hydrogens (tertiary/aromatic N) is 4. The lowest BCUT2D eigenvalue weighted by molar-refractivity contribution is 0.253. The highest BCUT2D eigenvalue weighted by molar-refractivity contribution is 5.49. The zero-order chi connectivity index (χ0) is 24.1. The van der Waals surface area contributed by atoms with E-state index in [0.29, 0.717) is 18.5 Å². The molecule has 186 valence electrons. The maximum atomic E-state index is 14.5. The van der Waals surface area contributed by atoms with Gasteiger partial charge in [0.25, 0.3) is 0 Å². The van der Waals surface area contributed by atoms with Crippen LogP contribution in [0.2, 0.25) is 0 Å². The molecule has 0 aliphatic carbocycles. The SMILES string of the molecule is Cc1cccc(F)c1CN1C[C@H](c2ccc(N3CCN(CCCCN)CC3)cc2)[C@@H](N(C)C)C1. The van der Waals surface area contributed by atoms with Crippen molar-refractivity contribution < 1.29 is 4.39 Å². The number of piperazine rings is 1. The van der Waals surface area contributed by atoms with E-state index in [0.717, 1.165) is 63.4 Å². The second-order valence-corrected chi connectivity index (χ2v) is 10.3. The van der Waals surface area contributed by atoms with Crippen LogP contribution in [0.4, 0.5) is 10.1 Å². The number of halogens is 1. The Balaban J connectivity index is 1.38. The molecule has 2 heterocycles. The molecule has 0 radical (unpaired) electrons. The average molecular weight is 468 g/mol. The molecule has 2 saturated heterocycles. The Morgan fingerprint density at radius 2 is 1.68 bits per heavy atom. The van der Waals surface area contributed by atoms with Crippen molar-refractivity contribution >= 4 is 5.69 Å². The summed E-state index contributed by atoms with van der Waals surface area (Å²) < 4.78 is 14.5. The summed E-state index contributed by atoms with van der Waals surface area (Å²) >= 11 is 0. The molecule has 0 spiro atoms. The highest BCUT2D eigenvalue weighted by Gasteiger charge is 2.35. The summed E-state index contributed by atoms with van der Waals surface area (Å²) in [6, 6.07) is 15.1. The number of nitrogens with two attached hydrogens (primary N) is 1. The Kier molecular flexibility index (Phi) is 8.59. The first-order valence-electron chi connectivity index (χ1n) is 12.9. The van der Waals surface area contributed by atoms with Crippen LogP contribution in [0.25, 0.3) is 0 Å². The van der Waals surface area contributed by atoms with Gasteiger partial charge in [0.1, 0.15) is 5.82 Å². The standard InChI is InChI=1S/C28H42FN5/c1-22-7-6-8-27(29)25(22)19-33-20-26(28(21-33)31(2)3)23-9-11-24(12-10-23)34-17-15-32(16-18-34)14-5-4-13-30/h6-12,26,28H,4-5,13-21,30H2,1-3H3/t26-,28+/m1/s1. The van der Waals surface area contributed by atoms with Crippen LogP contribution in [-0.4, -0.2) is 87.2 Å². The van der Waals surface area contributed by atoms with Crippen molar-refractivity contribution in [3.05, 3.63) is 65.0 Å². The molecular formula is C28H42FN5. The lowest BCUT2D eigenvalue weighted by Gasteiger charge is -2.36. The largest absolute Gasteiger partial charge is 0.369 e. The fraction of sp³-hybridized carbons (Fsp3) is 0.571. The van der Waals surface area contributed by atoms with Gasteiger partial charge in [-0.1, -0.05) is 24.3 Å². The molecule has 5 nitrogen and oxygen atoms in total. The molecular weight excluding hydrogens is 425 g/mol. The summed E-state index contributed by atoms with van der Waals surface area (Å²) in [5.41, 5.74) is 10.2. The van der Waals surface area contributed by atoms with Gasteiger partial charge in [0.15, 0.2) is 0 Å². The van der Waals surface area contributed by atoms with E-state index in [2.05, 4.69) is 58.0 Å². The third kappa shape index (κ3) is 5.98. The second kappa shape index (κ2) is 11.6. The maximum Gasteiger partial charge on any atom is 0.127 e. The number of likely N-dealkylation sites (N-methyl/N-ethyl adjacent to an activating group) is 1. The Morgan fingerprint density at radius 1 is 0.941 bits per heavy atom. The topological polar surface area (TPSA) is 39.0 Å². The summed E-state index contributed by atoms with van der Waals surface area (Å²) in [7, 11) is 4.33. The minimum absolute atomic E-state index is 0.0892. The molecule has 2 aromatic rings. The van der Waals surface area contributed by atoms with E-state index >= 15 is 0 Å². The number of hydrogen-bond acceptors (Lipinski definition) is 5. The number of unbranched alkanes of at least 4 members (excludes halogenated alkanes) is 1. The molecule has 2 atom stereocenters. The highest BCUT2D eigenvalue weighted by atomic mass is 19.1. The first kappa shape index (κ1) is 25.1. The monoisotopic (exact) mass is 467 g/mol. The predicted octanol–water partition coefficient (Wildman–Crippen LogP) is 3.52. The lowest BCUT2D eigenvalue weighted by atomic mass is 9.93. The second-order valence-electron chi connectivity index (χ2n) is 10.3. The van der Waals surface area contributed by atoms with E-state index in [1.807, 2.05) is 13.0 Å². The quantitative estimate of drug-likeness (QED) is 0.572. The zero-order valence-electron chi connectivity index (χ0n) is 21.2. The van der Waals surface area contributed by atoms with Crippen LogP contribution in [-0.2, 0) is 6.54 Å². The average Bonchev–Trinajstić information content (AvgIpc) is 3.27. The van der Waals surface area contributed by atoms with Crippen LogP contribution in [0.3, 0.4) is 0 Å². The first-order chi connectivity index (χ1) is 16.5. The van der Waals surface area contributed by atoms with E-state index in [1.165, 1.54) is 24.2 Å². The fourth-order valence-electron chi connectivity index (χ4n) is 5.58. The summed E-state index contributed by atoms with van der Waals surface area (Å²) in [5, 5.41) is 0. The number of anilines is 1. The number of likely N-dealkylation sites (tertiary alicyclic amines) is 1. The molecule has 4 rings (SSSR count). The van der Waals surface area contributed by atoms with Crippen LogP contribution in [0.5, 0.6) is 0 Å². The molecule has 0 saturated carbocycles. The fourth-order valence-corrected chi connectivity index (χ4v) is 5.58. The first-order valence-corrected chi connectivity index (χ1v) is 12.9. The number of aryl methyl sites for hydroxylation is 1. The molecule has 0 aromatic heterocycles. The van der Waals surface area contributed by atoms with Gasteiger partial charge in [0, 0.05) is 69.0 Å².